The number of fused-ring (bicyclic) bond motifs is 1. The molecule has 4 nitrogen and oxygen atoms in total. The third-order valence-electron chi connectivity index (χ3n) is 3.68. The van der Waals surface area contributed by atoms with Crippen molar-refractivity contribution >= 4 is 22.6 Å². The predicted molar refractivity (Wildman–Crippen MR) is 72.8 cm³/mol. The van der Waals surface area contributed by atoms with Gasteiger partial charge < -0.3 is 9.88 Å². The van der Waals surface area contributed by atoms with Gasteiger partial charge in [0.15, 0.2) is 0 Å². The van der Waals surface area contributed by atoms with Gasteiger partial charge in [0.05, 0.1) is 0 Å². The molecule has 4 heteroatoms. The summed E-state index contributed by atoms with van der Waals surface area (Å²) in [7, 11) is 0. The number of hydrogen-bond donors (Lipinski definition) is 1. The van der Waals surface area contributed by atoms with E-state index in [0.717, 1.165) is 18.4 Å². The second-order valence-electron chi connectivity index (χ2n) is 4.93. The van der Waals surface area contributed by atoms with Crippen LogP contribution in [0, 0.1) is 0 Å². The number of nitrogens with zero attached hydrogens (tertiary/aromatic N) is 1. The number of amides is 1. The lowest BCUT2D eigenvalue weighted by Gasteiger charge is -2.25. The van der Waals surface area contributed by atoms with Gasteiger partial charge in [-0.25, -0.2) is 0 Å². The van der Waals surface area contributed by atoms with E-state index in [-0.39, 0.29) is 11.7 Å². The molecule has 0 saturated carbocycles. The van der Waals surface area contributed by atoms with Gasteiger partial charge in [-0.3, -0.25) is 9.59 Å². The summed E-state index contributed by atoms with van der Waals surface area (Å²) in [6, 6.07) is 8.11. The number of carbonyl (C=O) groups excluding carboxylic acids is 2. The quantitative estimate of drug-likeness (QED) is 0.853. The molecule has 1 N–H and O–H groups in total. The van der Waals surface area contributed by atoms with E-state index in [9.17, 15) is 9.59 Å². The number of ketones is 1. The van der Waals surface area contributed by atoms with Crippen LogP contribution in [0.5, 0.6) is 0 Å². The normalized spacial score (nSPS) is 16.3. The molecule has 1 aliphatic rings. The van der Waals surface area contributed by atoms with Crippen LogP contribution in [-0.4, -0.2) is 34.7 Å². The molecule has 3 rings (SSSR count). The highest BCUT2D eigenvalue weighted by Crippen LogP contribution is 2.19. The monoisotopic (exact) mass is 256 g/mol. The highest BCUT2D eigenvalue weighted by Gasteiger charge is 2.25. The maximum Gasteiger partial charge on any atom is 0.289 e. The predicted octanol–water partition coefficient (Wildman–Crippen LogP) is 1.90. The summed E-state index contributed by atoms with van der Waals surface area (Å²) in [4.78, 5) is 28.0. The first-order valence-electron chi connectivity index (χ1n) is 6.63. The molecule has 1 aromatic heterocycles. The van der Waals surface area contributed by atoms with Crippen molar-refractivity contribution in [2.45, 2.75) is 19.3 Å². The van der Waals surface area contributed by atoms with Gasteiger partial charge in [0.2, 0.25) is 5.78 Å². The van der Waals surface area contributed by atoms with Crippen LogP contribution in [0.15, 0.2) is 30.5 Å². The fourth-order valence-electron chi connectivity index (χ4n) is 2.62. The maximum atomic E-state index is 11.7. The first kappa shape index (κ1) is 12.0. The Labute approximate surface area is 111 Å². The molecule has 1 aromatic carbocycles. The van der Waals surface area contributed by atoms with Crippen LogP contribution in [0.2, 0.25) is 0 Å². The molecule has 1 aliphatic heterocycles. The molecule has 2 heterocycles. The first-order chi connectivity index (χ1) is 9.25. The van der Waals surface area contributed by atoms with E-state index >= 15 is 0 Å². The summed E-state index contributed by atoms with van der Waals surface area (Å²) in [5, 5.41) is 1.19. The molecule has 1 fully saturated rings. The second-order valence-corrected chi connectivity index (χ2v) is 4.93. The molecule has 98 valence electrons. The minimum absolute atomic E-state index is 0.245. The molecule has 0 spiro atoms. The molecule has 1 amide bonds. The number of carbonyl (C=O) groups is 2. The number of likely N-dealkylation sites (tertiary alicyclic amines) is 1. The number of Topliss-reactive ketones (excluding diaryl/α,β-unsaturated/α-hetero) is 1. The number of benzene rings is 1. The summed E-state index contributed by atoms with van der Waals surface area (Å²) < 4.78 is 0. The van der Waals surface area contributed by atoms with Gasteiger partial charge in [0.25, 0.3) is 5.91 Å². The number of aromatic amines is 1. The maximum absolute atomic E-state index is 11.7. The zero-order chi connectivity index (χ0) is 13.2. The van der Waals surface area contributed by atoms with E-state index in [1.54, 1.807) is 4.90 Å². The van der Waals surface area contributed by atoms with Gasteiger partial charge in [-0.05, 0) is 24.5 Å². The topological polar surface area (TPSA) is 53.2 Å². The van der Waals surface area contributed by atoms with Crippen LogP contribution in [0.25, 0.3) is 10.9 Å². The fourth-order valence-corrected chi connectivity index (χ4v) is 2.62. The highest BCUT2D eigenvalue weighted by molar-refractivity contribution is 6.36. The summed E-state index contributed by atoms with van der Waals surface area (Å²) in [5.74, 6) is -0.559. The Balaban J connectivity index is 1.72. The van der Waals surface area contributed by atoms with Crippen molar-refractivity contribution in [3.8, 4) is 0 Å². The molecule has 0 aliphatic carbocycles. The molecule has 2 aromatic rings. The number of nitrogens with one attached hydrogen (secondary N) is 1. The average Bonchev–Trinajstić information content (AvgIpc) is 2.84. The van der Waals surface area contributed by atoms with Crippen molar-refractivity contribution in [1.82, 2.24) is 9.88 Å². The lowest BCUT2D eigenvalue weighted by atomic mass is 10.1. The van der Waals surface area contributed by atoms with Gasteiger partial charge in [-0.15, -0.1) is 0 Å². The second kappa shape index (κ2) is 4.88. The largest absolute Gasteiger partial charge is 0.361 e. The minimum atomic E-state index is -0.314. The van der Waals surface area contributed by atoms with Crippen molar-refractivity contribution in [1.29, 1.82) is 0 Å². The van der Waals surface area contributed by atoms with E-state index in [1.807, 2.05) is 24.4 Å². The fraction of sp³-hybridized carbons (Fsp3) is 0.333. The summed E-state index contributed by atoms with van der Waals surface area (Å²) in [6.45, 7) is 1.32. The van der Waals surface area contributed by atoms with Crippen LogP contribution < -0.4 is 0 Å². The Hall–Kier alpha value is -2.10. The summed E-state index contributed by atoms with van der Waals surface area (Å²) in [5.41, 5.74) is 2.31. The molecule has 0 radical (unpaired) electrons. The Kier molecular flexibility index (Phi) is 3.07. The van der Waals surface area contributed by atoms with Gasteiger partial charge in [0, 0.05) is 36.6 Å². The zero-order valence-electron chi connectivity index (χ0n) is 10.7. The van der Waals surface area contributed by atoms with Crippen molar-refractivity contribution in [3.05, 3.63) is 36.0 Å². The van der Waals surface area contributed by atoms with E-state index in [2.05, 4.69) is 11.1 Å². The third-order valence-corrected chi connectivity index (χ3v) is 3.68. The van der Waals surface area contributed by atoms with Crippen LogP contribution >= 0.6 is 0 Å². The van der Waals surface area contributed by atoms with Crippen molar-refractivity contribution in [2.75, 3.05) is 13.1 Å². The van der Waals surface area contributed by atoms with Crippen LogP contribution in [0.3, 0.4) is 0 Å². The van der Waals surface area contributed by atoms with Crippen molar-refractivity contribution in [3.63, 3.8) is 0 Å². The van der Waals surface area contributed by atoms with Crippen LogP contribution in [0.1, 0.15) is 18.4 Å². The number of rotatable bonds is 3. The smallest absolute Gasteiger partial charge is 0.289 e. The standard InChI is InChI=1S/C15H16N2O2/c18-14-6-3-8-17(15(14)19)9-7-11-10-16-13-5-2-1-4-12(11)13/h1-2,4-5,10,16H,3,6-9H2. The highest BCUT2D eigenvalue weighted by atomic mass is 16.2. The van der Waals surface area contributed by atoms with Crippen LogP contribution in [0.4, 0.5) is 0 Å². The molecule has 1 saturated heterocycles. The molecular weight excluding hydrogens is 240 g/mol. The number of piperidine rings is 1. The average molecular weight is 256 g/mol. The van der Waals surface area contributed by atoms with E-state index in [0.29, 0.717) is 19.5 Å². The number of H-pyrrole nitrogens is 1. The minimum Gasteiger partial charge on any atom is -0.361 e. The van der Waals surface area contributed by atoms with Gasteiger partial charge in [0.1, 0.15) is 0 Å². The Morgan fingerprint density at radius 3 is 2.95 bits per heavy atom. The first-order valence-corrected chi connectivity index (χ1v) is 6.63. The summed E-state index contributed by atoms with van der Waals surface area (Å²) in [6.07, 6.45) is 3.96. The van der Waals surface area contributed by atoms with Gasteiger partial charge in [-0.1, -0.05) is 18.2 Å². The van der Waals surface area contributed by atoms with Gasteiger partial charge >= 0.3 is 0 Å². The zero-order valence-corrected chi connectivity index (χ0v) is 10.7. The van der Waals surface area contributed by atoms with Crippen molar-refractivity contribution in [2.24, 2.45) is 0 Å². The number of aromatic nitrogens is 1. The van der Waals surface area contributed by atoms with E-state index in [4.69, 9.17) is 0 Å². The van der Waals surface area contributed by atoms with Crippen molar-refractivity contribution < 1.29 is 9.59 Å². The Morgan fingerprint density at radius 2 is 2.05 bits per heavy atom. The lowest BCUT2D eigenvalue weighted by Crippen LogP contribution is -2.42. The number of para-hydroxylation sites is 1. The van der Waals surface area contributed by atoms with Gasteiger partial charge in [-0.2, -0.15) is 0 Å². The van der Waals surface area contributed by atoms with E-state index in [1.165, 1.54) is 10.9 Å². The molecule has 0 bridgehead atoms. The molecule has 0 atom stereocenters. The SMILES string of the molecule is O=C1CCCN(CCc2c[nH]c3ccccc23)C1=O. The molecular formula is C15H16N2O2. The lowest BCUT2D eigenvalue weighted by molar-refractivity contribution is -0.147. The number of hydrogen-bond acceptors (Lipinski definition) is 2. The van der Waals surface area contributed by atoms with E-state index < -0.39 is 0 Å². The third kappa shape index (κ3) is 2.26. The Morgan fingerprint density at radius 1 is 1.21 bits per heavy atom. The molecule has 19 heavy (non-hydrogen) atoms. The molecule has 0 unspecified atom stereocenters. The Bertz CT molecular complexity index is 630. The summed E-state index contributed by atoms with van der Waals surface area (Å²) >= 11 is 0. The van der Waals surface area contributed by atoms with Crippen LogP contribution in [-0.2, 0) is 16.0 Å².